The Balaban J connectivity index is 2.33. The van der Waals surface area contributed by atoms with E-state index in [1.54, 1.807) is 18.0 Å². The monoisotopic (exact) mass is 261 g/mol. The maximum Gasteiger partial charge on any atom is 0.118 e. The van der Waals surface area contributed by atoms with E-state index < -0.39 is 10.8 Å². The summed E-state index contributed by atoms with van der Waals surface area (Å²) in [7, 11) is -0.748. The van der Waals surface area contributed by atoms with Crippen LogP contribution < -0.4 is 5.32 Å². The van der Waals surface area contributed by atoms with Gasteiger partial charge in [0.2, 0.25) is 0 Å². The lowest BCUT2D eigenvalue weighted by molar-refractivity contribution is 0.446. The number of nitrogens with one attached hydrogen (secondary N) is 1. The molecule has 0 saturated heterocycles. The van der Waals surface area contributed by atoms with Crippen LogP contribution in [-0.4, -0.2) is 28.5 Å². The first kappa shape index (κ1) is 13.8. The van der Waals surface area contributed by atoms with Gasteiger partial charge in [-0.1, -0.05) is 0 Å². The molecule has 2 atom stereocenters. The van der Waals surface area contributed by atoms with Crippen LogP contribution in [0.2, 0.25) is 0 Å². The van der Waals surface area contributed by atoms with Gasteiger partial charge in [-0.25, -0.2) is 0 Å². The zero-order chi connectivity index (χ0) is 12.0. The van der Waals surface area contributed by atoms with Gasteiger partial charge in [-0.05, 0) is 25.3 Å². The molecule has 92 valence electrons. The molecule has 0 aromatic carbocycles. The van der Waals surface area contributed by atoms with Crippen LogP contribution in [0.15, 0.2) is 16.5 Å². The first-order chi connectivity index (χ1) is 7.61. The molecule has 5 heteroatoms. The number of thioether (sulfide) groups is 1. The SMILES string of the molecule is CSCc1ccc(CNC(C)CS(C)=O)o1. The van der Waals surface area contributed by atoms with E-state index in [9.17, 15) is 4.21 Å². The molecular formula is C11H19NO2S2. The van der Waals surface area contributed by atoms with E-state index >= 15 is 0 Å². The van der Waals surface area contributed by atoms with Crippen molar-refractivity contribution in [3.63, 3.8) is 0 Å². The Bertz CT molecular complexity index is 338. The van der Waals surface area contributed by atoms with Gasteiger partial charge >= 0.3 is 0 Å². The minimum atomic E-state index is -0.748. The van der Waals surface area contributed by atoms with E-state index in [1.165, 1.54) is 0 Å². The largest absolute Gasteiger partial charge is 0.464 e. The van der Waals surface area contributed by atoms with Crippen molar-refractivity contribution in [2.75, 3.05) is 18.3 Å². The highest BCUT2D eigenvalue weighted by molar-refractivity contribution is 7.97. The lowest BCUT2D eigenvalue weighted by atomic mass is 10.3. The van der Waals surface area contributed by atoms with E-state index in [4.69, 9.17) is 4.42 Å². The summed E-state index contributed by atoms with van der Waals surface area (Å²) in [5.74, 6) is 3.54. The molecule has 2 unspecified atom stereocenters. The third-order valence-corrected chi connectivity index (χ3v) is 3.66. The van der Waals surface area contributed by atoms with E-state index in [0.717, 1.165) is 17.3 Å². The molecule has 1 aromatic heterocycles. The summed E-state index contributed by atoms with van der Waals surface area (Å²) < 4.78 is 16.6. The summed E-state index contributed by atoms with van der Waals surface area (Å²) in [6.07, 6.45) is 3.78. The summed E-state index contributed by atoms with van der Waals surface area (Å²) >= 11 is 1.75. The minimum Gasteiger partial charge on any atom is -0.464 e. The van der Waals surface area contributed by atoms with Crippen molar-refractivity contribution < 1.29 is 8.63 Å². The van der Waals surface area contributed by atoms with Crippen LogP contribution in [0.25, 0.3) is 0 Å². The molecule has 0 spiro atoms. The average Bonchev–Trinajstić information content (AvgIpc) is 2.62. The molecule has 0 bridgehead atoms. The van der Waals surface area contributed by atoms with Crippen LogP contribution in [0.3, 0.4) is 0 Å². The highest BCUT2D eigenvalue weighted by Crippen LogP contribution is 2.13. The zero-order valence-corrected chi connectivity index (χ0v) is 11.6. The van der Waals surface area contributed by atoms with Gasteiger partial charge in [-0.3, -0.25) is 4.21 Å². The Morgan fingerprint density at radius 2 is 2.19 bits per heavy atom. The molecule has 0 aliphatic carbocycles. The van der Waals surface area contributed by atoms with Gasteiger partial charge in [0.05, 0.1) is 12.3 Å². The zero-order valence-electron chi connectivity index (χ0n) is 9.99. The molecule has 0 aliphatic rings. The van der Waals surface area contributed by atoms with Gasteiger partial charge in [0.1, 0.15) is 11.5 Å². The van der Waals surface area contributed by atoms with E-state index in [0.29, 0.717) is 12.3 Å². The van der Waals surface area contributed by atoms with Crippen molar-refractivity contribution in [3.05, 3.63) is 23.7 Å². The lowest BCUT2D eigenvalue weighted by Crippen LogP contribution is -2.30. The molecule has 1 N–H and O–H groups in total. The second kappa shape index (κ2) is 7.14. The topological polar surface area (TPSA) is 42.2 Å². The second-order valence-corrected chi connectivity index (χ2v) is 6.17. The van der Waals surface area contributed by atoms with E-state index in [-0.39, 0.29) is 6.04 Å². The van der Waals surface area contributed by atoms with Gasteiger partial charge in [-0.15, -0.1) is 0 Å². The third-order valence-electron chi connectivity index (χ3n) is 2.11. The lowest BCUT2D eigenvalue weighted by Gasteiger charge is -2.10. The van der Waals surface area contributed by atoms with Crippen LogP contribution in [0.4, 0.5) is 0 Å². The van der Waals surface area contributed by atoms with Crippen LogP contribution in [0.5, 0.6) is 0 Å². The van der Waals surface area contributed by atoms with Gasteiger partial charge in [0.15, 0.2) is 0 Å². The number of furan rings is 1. The van der Waals surface area contributed by atoms with Crippen molar-refractivity contribution in [2.24, 2.45) is 0 Å². The molecule has 0 aliphatic heterocycles. The van der Waals surface area contributed by atoms with Crippen molar-refractivity contribution in [1.82, 2.24) is 5.32 Å². The molecule has 1 rings (SSSR count). The normalized spacial score (nSPS) is 14.9. The van der Waals surface area contributed by atoms with Gasteiger partial charge in [0, 0.05) is 28.9 Å². The molecule has 1 heterocycles. The first-order valence-electron chi connectivity index (χ1n) is 5.21. The minimum absolute atomic E-state index is 0.250. The predicted molar refractivity (Wildman–Crippen MR) is 71.2 cm³/mol. The summed E-state index contributed by atoms with van der Waals surface area (Å²) in [5, 5.41) is 3.29. The standard InChI is InChI=1S/C11H19NO2S2/c1-9(8-16(3)13)12-6-10-4-5-11(14-10)7-15-2/h4-5,9,12H,6-8H2,1-3H3. The highest BCUT2D eigenvalue weighted by Gasteiger charge is 2.06. The molecular weight excluding hydrogens is 242 g/mol. The Kier molecular flexibility index (Phi) is 6.16. The van der Waals surface area contributed by atoms with E-state index in [2.05, 4.69) is 11.6 Å². The van der Waals surface area contributed by atoms with Gasteiger partial charge < -0.3 is 9.73 Å². The summed E-state index contributed by atoms with van der Waals surface area (Å²) in [4.78, 5) is 0. The van der Waals surface area contributed by atoms with Crippen molar-refractivity contribution in [3.8, 4) is 0 Å². The Morgan fingerprint density at radius 1 is 1.50 bits per heavy atom. The van der Waals surface area contributed by atoms with Crippen molar-refractivity contribution in [1.29, 1.82) is 0 Å². The summed E-state index contributed by atoms with van der Waals surface area (Å²) in [5.41, 5.74) is 0. The van der Waals surface area contributed by atoms with Gasteiger partial charge in [0.25, 0.3) is 0 Å². The molecule has 0 amide bonds. The van der Waals surface area contributed by atoms with Crippen LogP contribution in [0, 0.1) is 0 Å². The maximum atomic E-state index is 11.0. The van der Waals surface area contributed by atoms with Crippen molar-refractivity contribution in [2.45, 2.75) is 25.3 Å². The van der Waals surface area contributed by atoms with E-state index in [1.807, 2.05) is 19.1 Å². The summed E-state index contributed by atoms with van der Waals surface area (Å²) in [6.45, 7) is 2.74. The molecule has 1 aromatic rings. The number of hydrogen-bond acceptors (Lipinski definition) is 4. The summed E-state index contributed by atoms with van der Waals surface area (Å²) in [6, 6.07) is 4.25. The maximum absolute atomic E-state index is 11.0. The molecule has 0 fully saturated rings. The number of rotatable bonds is 7. The first-order valence-corrected chi connectivity index (χ1v) is 8.34. The Morgan fingerprint density at radius 3 is 2.81 bits per heavy atom. The average molecular weight is 261 g/mol. The predicted octanol–water partition coefficient (Wildman–Crippen LogP) is 2.00. The Hall–Kier alpha value is -0.260. The van der Waals surface area contributed by atoms with Crippen LogP contribution >= 0.6 is 11.8 Å². The number of hydrogen-bond donors (Lipinski definition) is 1. The Labute approximate surface area is 104 Å². The van der Waals surface area contributed by atoms with Crippen LogP contribution in [-0.2, 0) is 23.1 Å². The molecule has 0 saturated carbocycles. The van der Waals surface area contributed by atoms with Crippen LogP contribution in [0.1, 0.15) is 18.4 Å². The smallest absolute Gasteiger partial charge is 0.118 e. The second-order valence-electron chi connectivity index (χ2n) is 3.82. The van der Waals surface area contributed by atoms with Gasteiger partial charge in [-0.2, -0.15) is 11.8 Å². The fraction of sp³-hybridized carbons (Fsp3) is 0.636. The molecule has 16 heavy (non-hydrogen) atoms. The third kappa shape index (κ3) is 5.18. The fourth-order valence-corrected chi connectivity index (χ4v) is 2.68. The molecule has 0 radical (unpaired) electrons. The fourth-order valence-electron chi connectivity index (χ4n) is 1.42. The quantitative estimate of drug-likeness (QED) is 0.815. The highest BCUT2D eigenvalue weighted by atomic mass is 32.2. The molecule has 3 nitrogen and oxygen atoms in total. The van der Waals surface area contributed by atoms with Crippen molar-refractivity contribution >= 4 is 22.6 Å².